The van der Waals surface area contributed by atoms with Crippen molar-refractivity contribution in [2.24, 2.45) is 9.98 Å². The normalized spacial score (nSPS) is 23.4. The largest absolute Gasteiger partial charge is 0.307 e. The zero-order chi connectivity index (χ0) is 17.3. The van der Waals surface area contributed by atoms with Gasteiger partial charge < -0.3 is 4.57 Å². The van der Waals surface area contributed by atoms with Crippen LogP contribution in [0.25, 0.3) is 0 Å². The van der Waals surface area contributed by atoms with Crippen molar-refractivity contribution in [3.8, 4) is 0 Å². The van der Waals surface area contributed by atoms with Gasteiger partial charge in [0.15, 0.2) is 7.14 Å². The summed E-state index contributed by atoms with van der Waals surface area (Å²) in [6, 6.07) is 20.0. The summed E-state index contributed by atoms with van der Waals surface area (Å²) in [6.07, 6.45) is 4.56. The zero-order valence-corrected chi connectivity index (χ0v) is 15.4. The van der Waals surface area contributed by atoms with Gasteiger partial charge in [0.2, 0.25) is 0 Å². The lowest BCUT2D eigenvalue weighted by Crippen LogP contribution is -2.37. The number of hydrogen-bond acceptors (Lipinski definition) is 3. The summed E-state index contributed by atoms with van der Waals surface area (Å²) in [7, 11) is -3.00. The van der Waals surface area contributed by atoms with Crippen molar-refractivity contribution < 1.29 is 4.57 Å². The maximum absolute atomic E-state index is 14.4. The molecule has 1 heterocycles. The van der Waals surface area contributed by atoms with Gasteiger partial charge in [0, 0.05) is 10.6 Å². The molecule has 0 saturated heterocycles. The van der Waals surface area contributed by atoms with Crippen LogP contribution < -0.4 is 10.6 Å². The summed E-state index contributed by atoms with van der Waals surface area (Å²) in [5.74, 6) is 0. The summed E-state index contributed by atoms with van der Waals surface area (Å²) in [4.78, 5) is 9.95. The second kappa shape index (κ2) is 6.72. The SMILES string of the molecule is CC1=N[C@@H]2CCCC[C@H]2N=C1P(=O)(c1ccccc1)c1ccccc1. The van der Waals surface area contributed by atoms with Crippen molar-refractivity contribution in [1.29, 1.82) is 0 Å². The molecule has 1 fully saturated rings. The van der Waals surface area contributed by atoms with Crippen LogP contribution in [0, 0.1) is 0 Å². The summed E-state index contributed by atoms with van der Waals surface area (Å²) in [5, 5.41) is 1.67. The number of benzene rings is 2. The van der Waals surface area contributed by atoms with Crippen LogP contribution in [0.1, 0.15) is 32.6 Å². The van der Waals surface area contributed by atoms with Crippen LogP contribution in [-0.4, -0.2) is 23.2 Å². The van der Waals surface area contributed by atoms with E-state index in [1.54, 1.807) is 0 Å². The maximum Gasteiger partial charge on any atom is 0.189 e. The third-order valence-corrected chi connectivity index (χ3v) is 8.29. The number of hydrogen-bond donors (Lipinski definition) is 0. The number of fused-ring (bicyclic) bond motifs is 1. The van der Waals surface area contributed by atoms with Gasteiger partial charge in [0.25, 0.3) is 0 Å². The first-order valence-electron chi connectivity index (χ1n) is 9.04. The molecule has 0 aromatic heterocycles. The second-order valence-corrected chi connectivity index (χ2v) is 9.54. The molecule has 2 atom stereocenters. The molecule has 1 aliphatic carbocycles. The number of rotatable bonds is 3. The van der Waals surface area contributed by atoms with Crippen molar-refractivity contribution in [2.75, 3.05) is 0 Å². The van der Waals surface area contributed by atoms with Crippen molar-refractivity contribution in [2.45, 2.75) is 44.7 Å². The van der Waals surface area contributed by atoms with Crippen LogP contribution in [0.3, 0.4) is 0 Å². The summed E-state index contributed by atoms with van der Waals surface area (Å²) in [6.45, 7) is 1.97. The Balaban J connectivity index is 1.89. The van der Waals surface area contributed by atoms with Crippen LogP contribution >= 0.6 is 7.14 Å². The van der Waals surface area contributed by atoms with Gasteiger partial charge in [-0.05, 0) is 19.8 Å². The number of nitrogens with zero attached hydrogens (tertiary/aromatic N) is 2. The molecule has 0 spiro atoms. The predicted molar refractivity (Wildman–Crippen MR) is 106 cm³/mol. The van der Waals surface area contributed by atoms with Crippen LogP contribution in [-0.2, 0) is 4.57 Å². The Morgan fingerprint density at radius 3 is 1.80 bits per heavy atom. The molecule has 2 aromatic carbocycles. The molecule has 4 heteroatoms. The molecule has 2 aromatic rings. The minimum Gasteiger partial charge on any atom is -0.307 e. The smallest absolute Gasteiger partial charge is 0.189 e. The van der Waals surface area contributed by atoms with E-state index >= 15 is 0 Å². The highest BCUT2D eigenvalue weighted by Gasteiger charge is 2.39. The molecular weight excluding hydrogens is 327 g/mol. The average Bonchev–Trinajstić information content (AvgIpc) is 2.68. The molecule has 4 rings (SSSR count). The molecule has 0 bridgehead atoms. The van der Waals surface area contributed by atoms with Gasteiger partial charge in [-0.25, -0.2) is 0 Å². The average molecular weight is 350 g/mol. The lowest BCUT2D eigenvalue weighted by atomic mass is 9.90. The first-order valence-corrected chi connectivity index (χ1v) is 10.7. The van der Waals surface area contributed by atoms with E-state index in [0.29, 0.717) is 5.45 Å². The van der Waals surface area contributed by atoms with Gasteiger partial charge in [0.05, 0.1) is 17.8 Å². The van der Waals surface area contributed by atoms with E-state index in [9.17, 15) is 4.57 Å². The monoisotopic (exact) mass is 350 g/mol. The standard InChI is InChI=1S/C21H23N2OP/c1-16-21(23-20-15-9-8-14-19(20)22-16)25(24,17-10-4-2-5-11-17)18-12-6-3-7-13-18/h2-7,10-13,19-20H,8-9,14-15H2,1H3/t19-,20-/m1/s1. The minimum atomic E-state index is -3.00. The van der Waals surface area contributed by atoms with Gasteiger partial charge in [-0.2, -0.15) is 0 Å². The van der Waals surface area contributed by atoms with E-state index < -0.39 is 7.14 Å². The Labute approximate surface area is 149 Å². The lowest BCUT2D eigenvalue weighted by molar-refractivity contribution is 0.386. The fourth-order valence-corrected chi connectivity index (χ4v) is 6.72. The first kappa shape index (κ1) is 16.5. The van der Waals surface area contributed by atoms with E-state index in [4.69, 9.17) is 9.98 Å². The highest BCUT2D eigenvalue weighted by molar-refractivity contribution is 7.95. The molecular formula is C21H23N2OP. The van der Waals surface area contributed by atoms with Crippen LogP contribution in [0.15, 0.2) is 70.6 Å². The predicted octanol–water partition coefficient (Wildman–Crippen LogP) is 4.18. The summed E-state index contributed by atoms with van der Waals surface area (Å²) >= 11 is 0. The van der Waals surface area contributed by atoms with Crippen LogP contribution in [0.5, 0.6) is 0 Å². The highest BCUT2D eigenvalue weighted by Crippen LogP contribution is 2.47. The number of aliphatic imine (C=N–C) groups is 2. The van der Waals surface area contributed by atoms with Gasteiger partial charge >= 0.3 is 0 Å². The molecule has 0 radical (unpaired) electrons. The quantitative estimate of drug-likeness (QED) is 0.766. The minimum absolute atomic E-state index is 0.188. The van der Waals surface area contributed by atoms with Gasteiger partial charge in [-0.1, -0.05) is 73.5 Å². The molecule has 1 aliphatic heterocycles. The Morgan fingerprint density at radius 1 is 0.800 bits per heavy atom. The van der Waals surface area contributed by atoms with E-state index in [2.05, 4.69) is 0 Å². The Kier molecular flexibility index (Phi) is 4.43. The molecule has 1 saturated carbocycles. The lowest BCUT2D eigenvalue weighted by Gasteiger charge is -2.33. The molecule has 2 aliphatic rings. The second-order valence-electron chi connectivity index (χ2n) is 6.87. The Hall–Kier alpha value is -1.99. The molecule has 0 N–H and O–H groups in total. The van der Waals surface area contributed by atoms with E-state index in [-0.39, 0.29) is 12.1 Å². The van der Waals surface area contributed by atoms with E-state index in [0.717, 1.165) is 29.2 Å². The van der Waals surface area contributed by atoms with E-state index in [1.807, 2.05) is 67.6 Å². The highest BCUT2D eigenvalue weighted by atomic mass is 31.2. The summed E-state index contributed by atoms with van der Waals surface area (Å²) < 4.78 is 14.4. The van der Waals surface area contributed by atoms with Crippen molar-refractivity contribution in [1.82, 2.24) is 0 Å². The first-order chi connectivity index (χ1) is 12.2. The topological polar surface area (TPSA) is 41.8 Å². The molecule has 25 heavy (non-hydrogen) atoms. The molecule has 0 amide bonds. The third-order valence-electron chi connectivity index (χ3n) is 5.20. The Bertz CT molecular complexity index is 814. The third kappa shape index (κ3) is 2.91. The zero-order valence-electron chi connectivity index (χ0n) is 14.5. The van der Waals surface area contributed by atoms with Crippen LogP contribution in [0.4, 0.5) is 0 Å². The van der Waals surface area contributed by atoms with E-state index in [1.165, 1.54) is 12.8 Å². The fraction of sp³-hybridized carbons (Fsp3) is 0.333. The van der Waals surface area contributed by atoms with Crippen LogP contribution in [0.2, 0.25) is 0 Å². The van der Waals surface area contributed by atoms with Crippen molar-refractivity contribution >= 4 is 28.9 Å². The van der Waals surface area contributed by atoms with Crippen molar-refractivity contribution in [3.05, 3.63) is 60.7 Å². The fourth-order valence-electron chi connectivity index (χ4n) is 3.93. The van der Waals surface area contributed by atoms with Crippen molar-refractivity contribution in [3.63, 3.8) is 0 Å². The Morgan fingerprint density at radius 2 is 1.28 bits per heavy atom. The summed E-state index contributed by atoms with van der Waals surface area (Å²) in [5.41, 5.74) is 1.55. The van der Waals surface area contributed by atoms with Gasteiger partial charge in [-0.3, -0.25) is 9.98 Å². The maximum atomic E-state index is 14.4. The van der Waals surface area contributed by atoms with Gasteiger partial charge in [-0.15, -0.1) is 0 Å². The molecule has 128 valence electrons. The molecule has 3 nitrogen and oxygen atoms in total. The molecule has 0 unspecified atom stereocenters. The van der Waals surface area contributed by atoms with Gasteiger partial charge in [0.1, 0.15) is 5.45 Å².